The largest absolute Gasteiger partial charge is 0.491 e. The summed E-state index contributed by atoms with van der Waals surface area (Å²) in [5.74, 6) is 0.0299. The number of imidazole rings is 1. The normalized spacial score (nSPS) is 12.8. The molecule has 2 rings (SSSR count). The molecule has 1 atom stereocenters. The summed E-state index contributed by atoms with van der Waals surface area (Å²) in [5, 5.41) is 22.0. The van der Waals surface area contributed by atoms with E-state index >= 15 is 0 Å². The lowest BCUT2D eigenvalue weighted by molar-refractivity contribution is 0.0691. The van der Waals surface area contributed by atoms with E-state index < -0.39 is 12.1 Å². The summed E-state index contributed by atoms with van der Waals surface area (Å²) in [4.78, 5) is 17.6. The second-order valence-electron chi connectivity index (χ2n) is 6.56. The number of hydrogen-bond acceptors (Lipinski definition) is 5. The number of nitrogens with one attached hydrogen (secondary N) is 2. The van der Waals surface area contributed by atoms with E-state index in [-0.39, 0.29) is 17.8 Å². The zero-order valence-electron chi connectivity index (χ0n) is 14.0. The van der Waals surface area contributed by atoms with Crippen molar-refractivity contribution in [2.24, 2.45) is 0 Å². The zero-order chi connectivity index (χ0) is 17.7. The Morgan fingerprint density at radius 1 is 1.33 bits per heavy atom. The van der Waals surface area contributed by atoms with Crippen molar-refractivity contribution in [2.75, 3.05) is 13.2 Å². The lowest BCUT2D eigenvalue weighted by Crippen LogP contribution is -2.42. The number of rotatable bonds is 7. The molecule has 4 N–H and O–H groups in total. The van der Waals surface area contributed by atoms with E-state index in [0.717, 1.165) is 5.56 Å². The van der Waals surface area contributed by atoms with Crippen LogP contribution in [0.2, 0.25) is 0 Å². The van der Waals surface area contributed by atoms with E-state index in [1.165, 1.54) is 6.20 Å². The Hall–Kier alpha value is -2.38. The second-order valence-corrected chi connectivity index (χ2v) is 6.56. The maximum Gasteiger partial charge on any atom is 0.356 e. The molecule has 0 saturated carbocycles. The van der Waals surface area contributed by atoms with Gasteiger partial charge < -0.3 is 25.3 Å². The number of aromatic carboxylic acids is 1. The first-order valence-electron chi connectivity index (χ1n) is 7.69. The molecular weight excluding hydrogens is 310 g/mol. The van der Waals surface area contributed by atoms with E-state index in [0.29, 0.717) is 18.1 Å². The number of carbonyl (C=O) groups is 1. The van der Waals surface area contributed by atoms with Crippen LogP contribution >= 0.6 is 0 Å². The van der Waals surface area contributed by atoms with Gasteiger partial charge in [-0.15, -0.1) is 0 Å². The minimum Gasteiger partial charge on any atom is -0.491 e. The molecule has 0 amide bonds. The average Bonchev–Trinajstić information content (AvgIpc) is 3.01. The lowest BCUT2D eigenvalue weighted by Gasteiger charge is -2.22. The van der Waals surface area contributed by atoms with Gasteiger partial charge in [-0.1, -0.05) is 0 Å². The molecule has 1 aromatic heterocycles. The van der Waals surface area contributed by atoms with Gasteiger partial charge in [0.2, 0.25) is 0 Å². The van der Waals surface area contributed by atoms with Crippen molar-refractivity contribution in [2.45, 2.75) is 32.4 Å². The standard InChI is InChI=1S/C17H23N3O4/c1-17(2,3)19-8-12(21)10-24-13-6-4-11(5-7-13)15-18-9-14(20-15)16(22)23/h4-7,9,12,19,21H,8,10H2,1-3H3,(H,18,20)(H,22,23). The number of carboxylic acids is 1. The third-order valence-electron chi connectivity index (χ3n) is 3.24. The van der Waals surface area contributed by atoms with Crippen LogP contribution in [0.1, 0.15) is 31.3 Å². The molecule has 0 radical (unpaired) electrons. The maximum atomic E-state index is 10.8. The fraction of sp³-hybridized carbons (Fsp3) is 0.412. The third-order valence-corrected chi connectivity index (χ3v) is 3.24. The first kappa shape index (κ1) is 18.0. The molecule has 2 aromatic rings. The highest BCUT2D eigenvalue weighted by Crippen LogP contribution is 2.20. The average molecular weight is 333 g/mol. The number of aromatic amines is 1. The van der Waals surface area contributed by atoms with Gasteiger partial charge in [0.05, 0.1) is 0 Å². The highest BCUT2D eigenvalue weighted by atomic mass is 16.5. The zero-order valence-corrected chi connectivity index (χ0v) is 14.0. The number of ether oxygens (including phenoxy) is 1. The van der Waals surface area contributed by atoms with Crippen molar-refractivity contribution in [1.29, 1.82) is 0 Å². The minimum atomic E-state index is -1.07. The monoisotopic (exact) mass is 333 g/mol. The summed E-state index contributed by atoms with van der Waals surface area (Å²) in [6.45, 7) is 6.73. The van der Waals surface area contributed by atoms with Gasteiger partial charge in [-0.3, -0.25) is 0 Å². The van der Waals surface area contributed by atoms with Gasteiger partial charge in [0, 0.05) is 23.8 Å². The molecule has 7 nitrogen and oxygen atoms in total. The van der Waals surface area contributed by atoms with Gasteiger partial charge in [0.25, 0.3) is 0 Å². The quantitative estimate of drug-likeness (QED) is 0.616. The highest BCUT2D eigenvalue weighted by molar-refractivity contribution is 5.85. The fourth-order valence-electron chi connectivity index (χ4n) is 1.96. The van der Waals surface area contributed by atoms with Gasteiger partial charge in [-0.25, -0.2) is 9.78 Å². The topological polar surface area (TPSA) is 107 Å². The van der Waals surface area contributed by atoms with Gasteiger partial charge in [0.15, 0.2) is 5.69 Å². The van der Waals surface area contributed by atoms with Crippen LogP contribution in [-0.4, -0.2) is 50.9 Å². The molecular formula is C17H23N3O4. The Balaban J connectivity index is 1.88. The van der Waals surface area contributed by atoms with Crippen molar-refractivity contribution in [3.63, 3.8) is 0 Å². The number of aliphatic hydroxyl groups is 1. The maximum absolute atomic E-state index is 10.8. The smallest absolute Gasteiger partial charge is 0.356 e. The number of β-amino-alcohol motifs (C(OH)–C–C–N with tert-alkyl or cyclic N) is 1. The van der Waals surface area contributed by atoms with Crippen LogP contribution in [0, 0.1) is 0 Å². The molecule has 7 heteroatoms. The molecule has 130 valence electrons. The minimum absolute atomic E-state index is 0.0280. The molecule has 0 fully saturated rings. The van der Waals surface area contributed by atoms with Crippen LogP contribution in [0.25, 0.3) is 11.4 Å². The molecule has 0 bridgehead atoms. The molecule has 0 spiro atoms. The van der Waals surface area contributed by atoms with Crippen molar-refractivity contribution in [1.82, 2.24) is 15.3 Å². The predicted molar refractivity (Wildman–Crippen MR) is 90.2 cm³/mol. The van der Waals surface area contributed by atoms with Crippen LogP contribution in [0.15, 0.2) is 30.5 Å². The van der Waals surface area contributed by atoms with Crippen molar-refractivity contribution in [3.05, 3.63) is 36.2 Å². The van der Waals surface area contributed by atoms with E-state index in [4.69, 9.17) is 9.84 Å². The molecule has 1 heterocycles. The van der Waals surface area contributed by atoms with Crippen LogP contribution in [0.3, 0.4) is 0 Å². The number of carboxylic acid groups (broad SMARTS) is 1. The fourth-order valence-corrected chi connectivity index (χ4v) is 1.96. The van der Waals surface area contributed by atoms with E-state index in [1.807, 2.05) is 20.8 Å². The second kappa shape index (κ2) is 7.46. The Kier molecular flexibility index (Phi) is 5.58. The summed E-state index contributed by atoms with van der Waals surface area (Å²) in [6, 6.07) is 7.06. The van der Waals surface area contributed by atoms with Crippen LogP contribution in [-0.2, 0) is 0 Å². The Morgan fingerprint density at radius 3 is 2.54 bits per heavy atom. The van der Waals surface area contributed by atoms with Crippen molar-refractivity contribution < 1.29 is 19.7 Å². The Morgan fingerprint density at radius 2 is 2.00 bits per heavy atom. The molecule has 1 unspecified atom stereocenters. The van der Waals surface area contributed by atoms with Gasteiger partial charge >= 0.3 is 5.97 Å². The summed E-state index contributed by atoms with van der Waals surface area (Å²) < 4.78 is 5.55. The number of nitrogens with zero attached hydrogens (tertiary/aromatic N) is 1. The third kappa shape index (κ3) is 5.36. The summed E-state index contributed by atoms with van der Waals surface area (Å²) in [5.41, 5.74) is 0.671. The molecule has 0 saturated heterocycles. The number of hydrogen-bond donors (Lipinski definition) is 4. The summed E-state index contributed by atoms with van der Waals surface area (Å²) in [6.07, 6.45) is 0.743. The van der Waals surface area contributed by atoms with E-state index in [2.05, 4.69) is 15.3 Å². The van der Waals surface area contributed by atoms with Gasteiger partial charge in [-0.2, -0.15) is 0 Å². The Labute approximate surface area is 140 Å². The van der Waals surface area contributed by atoms with Crippen LogP contribution < -0.4 is 10.1 Å². The number of aromatic nitrogens is 2. The van der Waals surface area contributed by atoms with Crippen LogP contribution in [0.5, 0.6) is 5.75 Å². The van der Waals surface area contributed by atoms with E-state index in [9.17, 15) is 9.90 Å². The van der Waals surface area contributed by atoms with E-state index in [1.54, 1.807) is 24.3 Å². The molecule has 0 aliphatic rings. The molecule has 24 heavy (non-hydrogen) atoms. The van der Waals surface area contributed by atoms with Crippen molar-refractivity contribution >= 4 is 5.97 Å². The first-order chi connectivity index (χ1) is 11.2. The number of H-pyrrole nitrogens is 1. The van der Waals surface area contributed by atoms with Gasteiger partial charge in [0.1, 0.15) is 24.3 Å². The van der Waals surface area contributed by atoms with Gasteiger partial charge in [-0.05, 0) is 45.0 Å². The van der Waals surface area contributed by atoms with Crippen molar-refractivity contribution in [3.8, 4) is 17.1 Å². The predicted octanol–water partition coefficient (Wildman–Crippen LogP) is 1.90. The summed E-state index contributed by atoms with van der Waals surface area (Å²) in [7, 11) is 0. The Bertz CT molecular complexity index is 674. The lowest BCUT2D eigenvalue weighted by atomic mass is 10.1. The SMILES string of the molecule is CC(C)(C)NCC(O)COc1ccc(-c2nc(C(=O)O)c[nH]2)cc1. The highest BCUT2D eigenvalue weighted by Gasteiger charge is 2.13. The number of benzene rings is 1. The molecule has 0 aliphatic carbocycles. The molecule has 0 aliphatic heterocycles. The van der Waals surface area contributed by atoms with Crippen LogP contribution in [0.4, 0.5) is 0 Å². The summed E-state index contributed by atoms with van der Waals surface area (Å²) >= 11 is 0. The first-order valence-corrected chi connectivity index (χ1v) is 7.69. The number of aliphatic hydroxyl groups excluding tert-OH is 1. The molecule has 1 aromatic carbocycles.